The van der Waals surface area contributed by atoms with Gasteiger partial charge in [-0.3, -0.25) is 0 Å². The monoisotopic (exact) mass is 193 g/mol. The number of nitrogens with two attached hydrogens (primary N) is 1. The van der Waals surface area contributed by atoms with Gasteiger partial charge in [-0.05, 0) is 56.3 Å². The molecule has 78 valence electrons. The first kappa shape index (κ1) is 8.12. The topological polar surface area (TPSA) is 35.2 Å². The fourth-order valence-electron chi connectivity index (χ4n) is 4.22. The molecule has 2 saturated carbocycles. The predicted molar refractivity (Wildman–Crippen MR) is 53.8 cm³/mol. The fraction of sp³-hybridized carbons (Fsp3) is 1.00. The zero-order valence-electron chi connectivity index (χ0n) is 8.67. The maximum Gasteiger partial charge on any atom is 0.0615 e. The van der Waals surface area contributed by atoms with Gasteiger partial charge in [-0.2, -0.15) is 0 Å². The van der Waals surface area contributed by atoms with Crippen molar-refractivity contribution < 1.29 is 4.74 Å². The zero-order valence-corrected chi connectivity index (χ0v) is 8.67. The van der Waals surface area contributed by atoms with Gasteiger partial charge in [0.25, 0.3) is 0 Å². The third-order valence-electron chi connectivity index (χ3n) is 5.38. The van der Waals surface area contributed by atoms with E-state index in [1.165, 1.54) is 44.9 Å². The van der Waals surface area contributed by atoms with Gasteiger partial charge in [0.1, 0.15) is 0 Å². The van der Waals surface area contributed by atoms with Crippen LogP contribution in [0, 0.1) is 11.3 Å². The minimum absolute atomic E-state index is 0.242. The summed E-state index contributed by atoms with van der Waals surface area (Å²) in [5.41, 5.74) is 7.22. The van der Waals surface area contributed by atoms with E-state index in [4.69, 9.17) is 10.5 Å². The van der Waals surface area contributed by atoms with E-state index in [2.05, 4.69) is 0 Å². The summed E-state index contributed by atoms with van der Waals surface area (Å²) in [7, 11) is 0. The zero-order chi connectivity index (χ0) is 9.39. The molecule has 2 heteroatoms. The van der Waals surface area contributed by atoms with Crippen LogP contribution in [-0.4, -0.2) is 17.7 Å². The Labute approximate surface area is 85.2 Å². The molecule has 0 radical (unpaired) electrons. The molecule has 0 spiro atoms. The number of fused-ring (bicyclic) bond motifs is 2. The van der Waals surface area contributed by atoms with Crippen LogP contribution in [0.15, 0.2) is 0 Å². The lowest BCUT2D eigenvalue weighted by Gasteiger charge is -2.33. The molecule has 0 aromatic carbocycles. The summed E-state index contributed by atoms with van der Waals surface area (Å²) in [6.07, 6.45) is 10.5. The Morgan fingerprint density at radius 2 is 1.86 bits per heavy atom. The molecule has 14 heavy (non-hydrogen) atoms. The quantitative estimate of drug-likeness (QED) is 0.726. The van der Waals surface area contributed by atoms with E-state index in [1.54, 1.807) is 0 Å². The Morgan fingerprint density at radius 3 is 2.29 bits per heavy atom. The molecule has 0 aromatic heterocycles. The Balaban J connectivity index is 1.64. The summed E-state index contributed by atoms with van der Waals surface area (Å²) in [6, 6.07) is 0. The van der Waals surface area contributed by atoms with Gasteiger partial charge in [0.05, 0.1) is 12.2 Å². The molecule has 2 heterocycles. The Morgan fingerprint density at radius 1 is 1.07 bits per heavy atom. The van der Waals surface area contributed by atoms with E-state index in [-0.39, 0.29) is 5.54 Å². The van der Waals surface area contributed by atoms with Crippen molar-refractivity contribution >= 4 is 0 Å². The normalized spacial score (nSPS) is 50.8. The third-order valence-corrected chi connectivity index (χ3v) is 5.38. The molecule has 2 bridgehead atoms. The summed E-state index contributed by atoms with van der Waals surface area (Å²) in [4.78, 5) is 0. The SMILES string of the molecule is NC1(C2(C3CC4CCC3O4)CC2)CC1. The summed E-state index contributed by atoms with van der Waals surface area (Å²) >= 11 is 0. The maximum absolute atomic E-state index is 6.44. The second kappa shape index (κ2) is 2.19. The van der Waals surface area contributed by atoms with Gasteiger partial charge in [0.15, 0.2) is 0 Å². The Bertz CT molecular complexity index is 280. The van der Waals surface area contributed by atoms with Crippen molar-refractivity contribution in [3.05, 3.63) is 0 Å². The molecule has 4 fully saturated rings. The lowest BCUT2D eigenvalue weighted by molar-refractivity contribution is 0.0706. The molecule has 0 aromatic rings. The van der Waals surface area contributed by atoms with Crippen molar-refractivity contribution in [3.8, 4) is 0 Å². The van der Waals surface area contributed by atoms with Crippen molar-refractivity contribution in [3.63, 3.8) is 0 Å². The molecular formula is C12H19NO. The van der Waals surface area contributed by atoms with Crippen molar-refractivity contribution in [2.24, 2.45) is 17.1 Å². The van der Waals surface area contributed by atoms with Crippen LogP contribution in [0.3, 0.4) is 0 Å². The van der Waals surface area contributed by atoms with Crippen molar-refractivity contribution in [1.29, 1.82) is 0 Å². The molecule has 0 amide bonds. The second-order valence-electron chi connectivity index (χ2n) is 6.03. The van der Waals surface area contributed by atoms with Gasteiger partial charge in [-0.25, -0.2) is 0 Å². The maximum atomic E-state index is 6.44. The van der Waals surface area contributed by atoms with Gasteiger partial charge in [-0.1, -0.05) is 0 Å². The summed E-state index contributed by atoms with van der Waals surface area (Å²) < 4.78 is 5.98. The lowest BCUT2D eigenvalue weighted by atomic mass is 9.73. The molecule has 2 nitrogen and oxygen atoms in total. The second-order valence-corrected chi connectivity index (χ2v) is 6.03. The highest BCUT2D eigenvalue weighted by Gasteiger charge is 2.69. The number of ether oxygens (including phenoxy) is 1. The summed E-state index contributed by atoms with van der Waals surface area (Å²) in [6.45, 7) is 0. The fourth-order valence-corrected chi connectivity index (χ4v) is 4.22. The first-order valence-corrected chi connectivity index (χ1v) is 6.18. The first-order chi connectivity index (χ1) is 6.74. The van der Waals surface area contributed by atoms with Crippen LogP contribution in [0.2, 0.25) is 0 Å². The molecule has 3 unspecified atom stereocenters. The number of hydrogen-bond acceptors (Lipinski definition) is 2. The van der Waals surface area contributed by atoms with Crippen molar-refractivity contribution in [1.82, 2.24) is 0 Å². The summed E-state index contributed by atoms with van der Waals surface area (Å²) in [5.74, 6) is 0.828. The Kier molecular flexibility index (Phi) is 1.27. The average Bonchev–Trinajstić information content (AvgIpc) is 3.07. The van der Waals surface area contributed by atoms with Crippen LogP contribution in [0.1, 0.15) is 44.9 Å². The minimum Gasteiger partial charge on any atom is -0.375 e. The molecule has 2 aliphatic carbocycles. The van der Waals surface area contributed by atoms with Gasteiger partial charge < -0.3 is 10.5 Å². The van der Waals surface area contributed by atoms with E-state index in [9.17, 15) is 0 Å². The molecule has 2 saturated heterocycles. The van der Waals surface area contributed by atoms with Crippen LogP contribution < -0.4 is 5.73 Å². The predicted octanol–water partition coefficient (Wildman–Crippen LogP) is 1.83. The third kappa shape index (κ3) is 0.809. The van der Waals surface area contributed by atoms with E-state index >= 15 is 0 Å². The average molecular weight is 193 g/mol. The van der Waals surface area contributed by atoms with Gasteiger partial charge in [-0.15, -0.1) is 0 Å². The highest BCUT2D eigenvalue weighted by atomic mass is 16.5. The largest absolute Gasteiger partial charge is 0.375 e. The van der Waals surface area contributed by atoms with E-state index in [0.717, 1.165) is 5.92 Å². The first-order valence-electron chi connectivity index (χ1n) is 6.18. The van der Waals surface area contributed by atoms with Crippen molar-refractivity contribution in [2.75, 3.05) is 0 Å². The number of hydrogen-bond donors (Lipinski definition) is 1. The smallest absolute Gasteiger partial charge is 0.0615 e. The highest BCUT2D eigenvalue weighted by Crippen LogP contribution is 2.70. The standard InChI is InChI=1S/C12H19NO/c13-12(5-6-12)11(3-4-11)9-7-8-1-2-10(9)14-8/h8-10H,1-7,13H2. The van der Waals surface area contributed by atoms with Crippen LogP contribution >= 0.6 is 0 Å². The summed E-state index contributed by atoms with van der Waals surface area (Å²) in [5, 5.41) is 0. The van der Waals surface area contributed by atoms with Crippen LogP contribution in [-0.2, 0) is 4.74 Å². The molecule has 2 N–H and O–H groups in total. The highest BCUT2D eigenvalue weighted by molar-refractivity contribution is 5.23. The van der Waals surface area contributed by atoms with Gasteiger partial charge in [0, 0.05) is 5.54 Å². The number of rotatable bonds is 2. The van der Waals surface area contributed by atoms with Crippen LogP contribution in [0.5, 0.6) is 0 Å². The van der Waals surface area contributed by atoms with Gasteiger partial charge in [0.2, 0.25) is 0 Å². The van der Waals surface area contributed by atoms with E-state index in [1.807, 2.05) is 0 Å². The van der Waals surface area contributed by atoms with Crippen LogP contribution in [0.4, 0.5) is 0 Å². The Hall–Kier alpha value is -0.0800. The molecule has 3 atom stereocenters. The van der Waals surface area contributed by atoms with Crippen molar-refractivity contribution in [2.45, 2.75) is 62.7 Å². The molecule has 4 aliphatic rings. The molecule has 4 rings (SSSR count). The lowest BCUT2D eigenvalue weighted by Crippen LogP contribution is -2.42. The molecular weight excluding hydrogens is 174 g/mol. The molecule has 2 aliphatic heterocycles. The minimum atomic E-state index is 0.242. The van der Waals surface area contributed by atoms with E-state index < -0.39 is 0 Å². The van der Waals surface area contributed by atoms with Crippen LogP contribution in [0.25, 0.3) is 0 Å². The van der Waals surface area contributed by atoms with Gasteiger partial charge >= 0.3 is 0 Å². The van der Waals surface area contributed by atoms with E-state index in [0.29, 0.717) is 17.6 Å².